The molecular formula is C82H119N21O6. The Kier molecular flexibility index (Phi) is 33.4. The number of H-pyrrole nitrogens is 1. The van der Waals surface area contributed by atoms with Crippen molar-refractivity contribution in [2.45, 2.75) is 192 Å². The van der Waals surface area contributed by atoms with Crippen molar-refractivity contribution in [3.63, 3.8) is 0 Å². The molecule has 0 radical (unpaired) electrons. The molecule has 0 aliphatic carbocycles. The third-order valence-electron chi connectivity index (χ3n) is 18.5. The topological polar surface area (TPSA) is 500 Å². The Balaban J connectivity index is 0.000000342. The lowest BCUT2D eigenvalue weighted by Gasteiger charge is -2.27. The molecule has 0 fully saturated rings. The lowest BCUT2D eigenvalue weighted by atomic mass is 9.78. The van der Waals surface area contributed by atoms with Crippen molar-refractivity contribution in [1.82, 2.24) is 36.9 Å². The van der Waals surface area contributed by atoms with E-state index in [4.69, 9.17) is 57.3 Å². The van der Waals surface area contributed by atoms with Gasteiger partial charge in [0.15, 0.2) is 23.8 Å². The van der Waals surface area contributed by atoms with Crippen LogP contribution in [0, 0.1) is 0 Å². The minimum atomic E-state index is -1.09. The second-order valence-corrected chi connectivity index (χ2v) is 30.6. The molecule has 0 bridgehead atoms. The van der Waals surface area contributed by atoms with Gasteiger partial charge in [0.05, 0.1) is 12.1 Å². The van der Waals surface area contributed by atoms with Crippen LogP contribution in [0.15, 0.2) is 159 Å². The molecule has 0 saturated carbocycles. The maximum atomic E-state index is 14.6. The van der Waals surface area contributed by atoms with Crippen molar-refractivity contribution in [1.29, 1.82) is 0 Å². The Labute approximate surface area is 641 Å². The van der Waals surface area contributed by atoms with Crippen LogP contribution < -0.4 is 89.2 Å². The number of hydrogen-bond donors (Lipinski definition) is 17. The highest BCUT2D eigenvalue weighted by Gasteiger charge is 2.35. The maximum Gasteiger partial charge on any atom is 0.243 e. The summed E-state index contributed by atoms with van der Waals surface area (Å²) in [5, 5.41) is 20.8. The monoisotopic (exact) mass is 1490 g/mol. The Hall–Kier alpha value is -11.1. The molecule has 0 spiro atoms. The summed E-state index contributed by atoms with van der Waals surface area (Å²) in [6.07, 6.45) is 4.45. The predicted octanol–water partition coefficient (Wildman–Crippen LogP) is 5.18. The molecule has 1 aromatic heterocycles. The number of amides is 6. The molecule has 0 saturated heterocycles. The third-order valence-corrected chi connectivity index (χ3v) is 18.5. The van der Waals surface area contributed by atoms with E-state index >= 15 is 0 Å². The van der Waals surface area contributed by atoms with Crippen LogP contribution in [0.5, 0.6) is 0 Å². The number of fused-ring (bicyclic) bond motifs is 2. The van der Waals surface area contributed by atoms with Gasteiger partial charge in [-0.3, -0.25) is 48.7 Å². The van der Waals surface area contributed by atoms with Crippen LogP contribution in [0.2, 0.25) is 0 Å². The Morgan fingerprint density at radius 2 is 0.798 bits per heavy atom. The molecule has 6 unspecified atom stereocenters. The van der Waals surface area contributed by atoms with Gasteiger partial charge in [-0.2, -0.15) is 0 Å². The molecule has 7 rings (SSSR count). The quantitative estimate of drug-likeness (QED) is 0.0135. The number of nitrogens with zero attached hydrogens (tertiary/aromatic N) is 4. The summed E-state index contributed by atoms with van der Waals surface area (Å²) in [6, 6.07) is 40.5. The number of aromatic amines is 1. The molecule has 588 valence electrons. The summed E-state index contributed by atoms with van der Waals surface area (Å²) >= 11 is 0. The van der Waals surface area contributed by atoms with Crippen molar-refractivity contribution in [3.8, 4) is 11.1 Å². The van der Waals surface area contributed by atoms with Gasteiger partial charge in [-0.25, -0.2) is 0 Å². The van der Waals surface area contributed by atoms with E-state index in [2.05, 4.69) is 162 Å². The predicted molar refractivity (Wildman–Crippen MR) is 441 cm³/mol. The first-order valence-corrected chi connectivity index (χ1v) is 37.4. The standard InChI is InChI=1S/C43H69N11O3.C39H50N10O3/c1-41(2,3)27-23-28-29(35(43(7,8)9)54-34(28)30(24-27)42(4,5)6)25-33(53-36(55)31(44)17-13-20-50-39(45)46)38(57)52-32(18-14-21-51-40(47)48)37(56)49-22-19-26-15-11-10-12-16-26;40-32(12-6-21-46-38(41)42)35(50)49-34(24-27-14-16-29(17-15-27)31-19-18-28-10-4-5-11-30(28)25-31)37(52)48-33(13-7-22-47-39(43)44)36(51)45-23-20-26-8-2-1-3-9-26/h10-12,15-16,23-24,31-33,54H,13-14,17-22,25,44H2,1-9H3,(H,49,56)(H,52,57)(H,53,55)(H4,45,46,50)(H4,47,48,51);1-5,8-11,14-19,25,32-34H,6-7,12-13,20-24,40H2,(H,45,51)(H,48,52)(H,49,50)(H4,41,42,46)(H4,43,44,47). The highest BCUT2D eigenvalue weighted by Crippen LogP contribution is 2.40. The van der Waals surface area contributed by atoms with Crippen LogP contribution in [-0.4, -0.2) is 140 Å². The molecule has 0 aliphatic heterocycles. The minimum absolute atomic E-state index is 0.0423. The van der Waals surface area contributed by atoms with Crippen LogP contribution in [0.3, 0.4) is 0 Å². The van der Waals surface area contributed by atoms with E-state index in [0.717, 1.165) is 71.9 Å². The van der Waals surface area contributed by atoms with Gasteiger partial charge < -0.3 is 94.2 Å². The van der Waals surface area contributed by atoms with E-state index in [9.17, 15) is 28.8 Å². The number of nitrogens with one attached hydrogen (secondary N) is 7. The van der Waals surface area contributed by atoms with E-state index in [0.29, 0.717) is 77.5 Å². The number of rotatable bonds is 37. The van der Waals surface area contributed by atoms with Crippen molar-refractivity contribution in [2.75, 3.05) is 39.3 Å². The van der Waals surface area contributed by atoms with Gasteiger partial charge in [0.25, 0.3) is 0 Å². The second-order valence-electron chi connectivity index (χ2n) is 30.6. The first kappa shape index (κ1) is 86.9. The van der Waals surface area contributed by atoms with Crippen LogP contribution >= 0.6 is 0 Å². The summed E-state index contributed by atoms with van der Waals surface area (Å²) in [5.41, 5.74) is 65.9. The van der Waals surface area contributed by atoms with E-state index in [-0.39, 0.29) is 90.7 Å². The third kappa shape index (κ3) is 29.2. The highest BCUT2D eigenvalue weighted by atomic mass is 16.2. The number of nitrogens with two attached hydrogens (primary N) is 10. The molecule has 27 N–H and O–H groups in total. The maximum absolute atomic E-state index is 14.6. The minimum Gasteiger partial charge on any atom is -0.370 e. The smallest absolute Gasteiger partial charge is 0.243 e. The number of benzene rings is 6. The van der Waals surface area contributed by atoms with E-state index < -0.39 is 59.9 Å². The van der Waals surface area contributed by atoms with E-state index in [1.807, 2.05) is 97.1 Å². The molecular weight excluding hydrogens is 1380 g/mol. The largest absolute Gasteiger partial charge is 0.370 e. The summed E-state index contributed by atoms with van der Waals surface area (Å²) < 4.78 is 0. The Morgan fingerprint density at radius 1 is 0.394 bits per heavy atom. The molecule has 1 heterocycles. The van der Waals surface area contributed by atoms with Crippen LogP contribution in [0.1, 0.15) is 153 Å². The zero-order chi connectivity index (χ0) is 80.0. The molecule has 0 aliphatic rings. The molecule has 7 aromatic rings. The number of guanidine groups is 4. The summed E-state index contributed by atoms with van der Waals surface area (Å²) in [7, 11) is 0. The van der Waals surface area contributed by atoms with Crippen LogP contribution in [-0.2, 0) is 70.7 Å². The first-order chi connectivity index (χ1) is 51.6. The molecule has 27 nitrogen and oxygen atoms in total. The lowest BCUT2D eigenvalue weighted by molar-refractivity contribution is -0.132. The molecule has 109 heavy (non-hydrogen) atoms. The summed E-state index contributed by atoms with van der Waals surface area (Å²) in [6.45, 7) is 21.4. The summed E-state index contributed by atoms with van der Waals surface area (Å²) in [5.74, 6) is -2.95. The number of carbonyl (C=O) groups excluding carboxylic acids is 6. The van der Waals surface area contributed by atoms with Gasteiger partial charge in [0, 0.05) is 74.1 Å². The van der Waals surface area contributed by atoms with Gasteiger partial charge in [0.1, 0.15) is 24.2 Å². The number of hydrogen-bond acceptors (Lipinski definition) is 12. The van der Waals surface area contributed by atoms with E-state index in [1.165, 1.54) is 0 Å². The average molecular weight is 1490 g/mol. The fraction of sp³-hybridized carbons (Fsp3) is 0.439. The van der Waals surface area contributed by atoms with Gasteiger partial charge in [0.2, 0.25) is 35.4 Å². The van der Waals surface area contributed by atoms with Gasteiger partial charge in [-0.15, -0.1) is 0 Å². The van der Waals surface area contributed by atoms with Gasteiger partial charge >= 0.3 is 0 Å². The molecule has 6 aromatic carbocycles. The molecule has 27 heteroatoms. The number of carbonyl (C=O) groups is 6. The normalized spacial score (nSPS) is 13.1. The molecule has 6 amide bonds. The Morgan fingerprint density at radius 3 is 1.22 bits per heavy atom. The first-order valence-electron chi connectivity index (χ1n) is 37.4. The number of aromatic nitrogens is 1. The lowest BCUT2D eigenvalue weighted by Crippen LogP contribution is -2.56. The van der Waals surface area contributed by atoms with E-state index in [1.54, 1.807) is 0 Å². The average Bonchev–Trinajstić information content (AvgIpc) is 1.60. The second kappa shape index (κ2) is 41.9. The SMILES string of the molecule is CC(C)(C)c1cc(C(C)(C)C)c2[nH]c(C(C)(C)C)c(CC(NC(=O)C(N)CCCN=C(N)N)C(=O)NC(CCCN=C(N)N)C(=O)NCCc3ccccc3)c2c1.NC(N)=NCCCC(N)C(=O)NC(Cc1ccc(-c2ccc3ccccc3c2)cc1)C(=O)NC(CCCN=C(N)N)C(=O)NCCc1ccccc1. The van der Waals surface area contributed by atoms with Crippen molar-refractivity contribution >= 4 is 81.0 Å². The fourth-order valence-electron chi connectivity index (χ4n) is 12.4. The highest BCUT2D eigenvalue weighted by molar-refractivity contribution is 5.96. The Bertz CT molecular complexity index is 4230. The molecule has 6 atom stereocenters. The zero-order valence-electron chi connectivity index (χ0n) is 65.0. The van der Waals surface area contributed by atoms with Crippen molar-refractivity contribution in [2.24, 2.45) is 77.3 Å². The van der Waals surface area contributed by atoms with Gasteiger partial charge in [-0.05, 0) is 142 Å². The zero-order valence-corrected chi connectivity index (χ0v) is 65.0. The van der Waals surface area contributed by atoms with Crippen molar-refractivity contribution in [3.05, 3.63) is 179 Å². The van der Waals surface area contributed by atoms with Crippen LogP contribution in [0.25, 0.3) is 32.8 Å². The fourth-order valence-corrected chi connectivity index (χ4v) is 12.4. The van der Waals surface area contributed by atoms with Gasteiger partial charge in [-0.1, -0.05) is 190 Å². The van der Waals surface area contributed by atoms with Crippen LogP contribution in [0.4, 0.5) is 0 Å². The van der Waals surface area contributed by atoms with Crippen molar-refractivity contribution < 1.29 is 28.8 Å². The number of aliphatic imine (C=N–C) groups is 4. The summed E-state index contributed by atoms with van der Waals surface area (Å²) in [4.78, 5) is 102.